The van der Waals surface area contributed by atoms with E-state index in [1.54, 1.807) is 18.2 Å². The largest absolute Gasteiger partial charge is 0.325 e. The van der Waals surface area contributed by atoms with Crippen molar-refractivity contribution < 1.29 is 14.4 Å². The lowest BCUT2D eigenvalue weighted by molar-refractivity contribution is -0.124. The molecule has 0 aliphatic rings. The highest BCUT2D eigenvalue weighted by Gasteiger charge is 2.08. The number of aryl methyl sites for hydroxylation is 1. The molecule has 17 heavy (non-hydrogen) atoms. The zero-order valence-electron chi connectivity index (χ0n) is 9.95. The Morgan fingerprint density at radius 3 is 2.59 bits per heavy atom. The predicted octanol–water partition coefficient (Wildman–Crippen LogP) is 1.98. The average Bonchev–Trinajstić information content (AvgIpc) is 2.27. The van der Waals surface area contributed by atoms with Crippen molar-refractivity contribution in [1.29, 1.82) is 0 Å². The summed E-state index contributed by atoms with van der Waals surface area (Å²) in [6, 6.07) is 5.11. The van der Waals surface area contributed by atoms with Crippen molar-refractivity contribution in [3.63, 3.8) is 0 Å². The quantitative estimate of drug-likeness (QED) is 0.624. The number of Topliss-reactive ketones (excluding diaryl/α,β-unsaturated/α-hetero) is 1. The van der Waals surface area contributed by atoms with Crippen LogP contribution < -0.4 is 5.32 Å². The molecule has 1 aromatic carbocycles. The van der Waals surface area contributed by atoms with Crippen LogP contribution in [0.4, 0.5) is 5.69 Å². The number of hydrogen-bond acceptors (Lipinski definition) is 3. The molecule has 0 fully saturated rings. The Morgan fingerprint density at radius 1 is 1.35 bits per heavy atom. The summed E-state index contributed by atoms with van der Waals surface area (Å²) in [6.45, 7) is 3.32. The van der Waals surface area contributed by atoms with E-state index < -0.39 is 0 Å². The summed E-state index contributed by atoms with van der Waals surface area (Å²) < 4.78 is 0. The molecule has 0 atom stereocenters. The van der Waals surface area contributed by atoms with Gasteiger partial charge < -0.3 is 5.32 Å². The van der Waals surface area contributed by atoms with Crippen LogP contribution in [0.1, 0.15) is 36.2 Å². The van der Waals surface area contributed by atoms with Crippen LogP contribution in [0.15, 0.2) is 18.2 Å². The SMILES string of the molecule is CCc1ccc(C=O)cc1NC(=O)CC(C)=O. The Labute approximate surface area is 100 Å². The van der Waals surface area contributed by atoms with Crippen LogP contribution in [-0.2, 0) is 16.0 Å². The highest BCUT2D eigenvalue weighted by molar-refractivity contribution is 6.04. The third kappa shape index (κ3) is 3.83. The standard InChI is InChI=1S/C13H15NO3/c1-3-11-5-4-10(8-15)7-12(11)14-13(17)6-9(2)16/h4-5,7-8H,3,6H2,1-2H3,(H,14,17). The van der Waals surface area contributed by atoms with Gasteiger partial charge in [0.05, 0.1) is 6.42 Å². The minimum atomic E-state index is -0.352. The summed E-state index contributed by atoms with van der Waals surface area (Å²) >= 11 is 0. The van der Waals surface area contributed by atoms with Gasteiger partial charge in [0.2, 0.25) is 5.91 Å². The fourth-order valence-corrected chi connectivity index (χ4v) is 1.51. The molecule has 0 unspecified atom stereocenters. The molecular weight excluding hydrogens is 218 g/mol. The van der Waals surface area contributed by atoms with E-state index in [9.17, 15) is 14.4 Å². The van der Waals surface area contributed by atoms with Gasteiger partial charge >= 0.3 is 0 Å². The molecule has 0 aliphatic carbocycles. The molecule has 0 radical (unpaired) electrons. The average molecular weight is 233 g/mol. The van der Waals surface area contributed by atoms with Gasteiger partial charge in [0.25, 0.3) is 0 Å². The molecule has 0 bridgehead atoms. The van der Waals surface area contributed by atoms with Crippen LogP contribution in [0.25, 0.3) is 0 Å². The molecule has 4 nitrogen and oxygen atoms in total. The fraction of sp³-hybridized carbons (Fsp3) is 0.308. The predicted molar refractivity (Wildman–Crippen MR) is 65.1 cm³/mol. The zero-order chi connectivity index (χ0) is 12.8. The Balaban J connectivity index is 2.91. The number of amides is 1. The molecule has 4 heteroatoms. The van der Waals surface area contributed by atoms with Crippen molar-refractivity contribution in [2.75, 3.05) is 5.32 Å². The van der Waals surface area contributed by atoms with Crippen molar-refractivity contribution >= 4 is 23.7 Å². The number of hydrogen-bond donors (Lipinski definition) is 1. The lowest BCUT2D eigenvalue weighted by atomic mass is 10.1. The second kappa shape index (κ2) is 5.94. The molecule has 0 aromatic heterocycles. The Morgan fingerprint density at radius 2 is 2.06 bits per heavy atom. The number of nitrogens with one attached hydrogen (secondary N) is 1. The highest BCUT2D eigenvalue weighted by atomic mass is 16.2. The fourth-order valence-electron chi connectivity index (χ4n) is 1.51. The third-order valence-electron chi connectivity index (χ3n) is 2.33. The summed E-state index contributed by atoms with van der Waals surface area (Å²) in [5, 5.41) is 2.65. The highest BCUT2D eigenvalue weighted by Crippen LogP contribution is 2.18. The maximum Gasteiger partial charge on any atom is 0.231 e. The van der Waals surface area contributed by atoms with E-state index in [0.29, 0.717) is 11.3 Å². The van der Waals surface area contributed by atoms with Gasteiger partial charge in [-0.1, -0.05) is 19.1 Å². The number of ketones is 1. The second-order valence-corrected chi connectivity index (χ2v) is 3.81. The van der Waals surface area contributed by atoms with Gasteiger partial charge in [-0.2, -0.15) is 0 Å². The normalized spacial score (nSPS) is 9.76. The van der Waals surface area contributed by atoms with Gasteiger partial charge in [-0.05, 0) is 25.0 Å². The van der Waals surface area contributed by atoms with E-state index in [-0.39, 0.29) is 18.1 Å². The van der Waals surface area contributed by atoms with Crippen LogP contribution in [-0.4, -0.2) is 18.0 Å². The number of carbonyl (C=O) groups is 3. The molecule has 0 saturated carbocycles. The summed E-state index contributed by atoms with van der Waals surface area (Å²) in [5.41, 5.74) is 2.04. The Bertz CT molecular complexity index is 452. The lowest BCUT2D eigenvalue weighted by Gasteiger charge is -2.09. The molecule has 0 saturated heterocycles. The van der Waals surface area contributed by atoms with E-state index in [1.807, 2.05) is 6.92 Å². The zero-order valence-corrected chi connectivity index (χ0v) is 9.95. The van der Waals surface area contributed by atoms with Crippen molar-refractivity contribution in [1.82, 2.24) is 0 Å². The Hall–Kier alpha value is -1.97. The third-order valence-corrected chi connectivity index (χ3v) is 2.33. The number of anilines is 1. The van der Waals surface area contributed by atoms with Gasteiger partial charge in [-0.15, -0.1) is 0 Å². The monoisotopic (exact) mass is 233 g/mol. The molecular formula is C13H15NO3. The van der Waals surface area contributed by atoms with Gasteiger partial charge in [0, 0.05) is 11.3 Å². The first-order valence-electron chi connectivity index (χ1n) is 5.44. The summed E-state index contributed by atoms with van der Waals surface area (Å²) in [4.78, 5) is 32.9. The van der Waals surface area contributed by atoms with E-state index in [0.717, 1.165) is 18.3 Å². The van der Waals surface area contributed by atoms with Crippen LogP contribution >= 0.6 is 0 Å². The molecule has 90 valence electrons. The van der Waals surface area contributed by atoms with E-state index in [4.69, 9.17) is 0 Å². The second-order valence-electron chi connectivity index (χ2n) is 3.81. The van der Waals surface area contributed by atoms with Crippen molar-refractivity contribution in [2.45, 2.75) is 26.7 Å². The maximum absolute atomic E-state index is 11.5. The van der Waals surface area contributed by atoms with E-state index in [2.05, 4.69) is 5.32 Å². The molecule has 0 spiro atoms. The van der Waals surface area contributed by atoms with Gasteiger partial charge in [-0.3, -0.25) is 14.4 Å². The molecule has 0 heterocycles. The first kappa shape index (κ1) is 13.1. The summed E-state index contributed by atoms with van der Waals surface area (Å²) in [6.07, 6.45) is 1.32. The molecule has 0 aliphatic heterocycles. The maximum atomic E-state index is 11.5. The van der Waals surface area contributed by atoms with Crippen LogP contribution in [0.2, 0.25) is 0 Å². The molecule has 1 N–H and O–H groups in total. The number of carbonyl (C=O) groups excluding carboxylic acids is 3. The summed E-state index contributed by atoms with van der Waals surface area (Å²) in [7, 11) is 0. The van der Waals surface area contributed by atoms with E-state index in [1.165, 1.54) is 6.92 Å². The topological polar surface area (TPSA) is 63.2 Å². The Kier molecular flexibility index (Phi) is 4.57. The van der Waals surface area contributed by atoms with Crippen LogP contribution in [0.5, 0.6) is 0 Å². The number of aldehydes is 1. The summed E-state index contributed by atoms with van der Waals surface area (Å²) in [5.74, 6) is -0.540. The minimum Gasteiger partial charge on any atom is -0.325 e. The minimum absolute atomic E-state index is 0.144. The number of benzene rings is 1. The van der Waals surface area contributed by atoms with Crippen LogP contribution in [0.3, 0.4) is 0 Å². The molecule has 1 aromatic rings. The van der Waals surface area contributed by atoms with Crippen molar-refractivity contribution in [3.05, 3.63) is 29.3 Å². The van der Waals surface area contributed by atoms with Crippen LogP contribution in [0, 0.1) is 0 Å². The van der Waals surface area contributed by atoms with Crippen molar-refractivity contribution in [2.24, 2.45) is 0 Å². The van der Waals surface area contributed by atoms with Gasteiger partial charge in [0.1, 0.15) is 12.1 Å². The first-order valence-corrected chi connectivity index (χ1v) is 5.44. The molecule has 1 amide bonds. The van der Waals surface area contributed by atoms with E-state index >= 15 is 0 Å². The van der Waals surface area contributed by atoms with Gasteiger partial charge in [0.15, 0.2) is 0 Å². The molecule has 1 rings (SSSR count). The smallest absolute Gasteiger partial charge is 0.231 e. The van der Waals surface area contributed by atoms with Gasteiger partial charge in [-0.25, -0.2) is 0 Å². The van der Waals surface area contributed by atoms with Crippen molar-refractivity contribution in [3.8, 4) is 0 Å². The lowest BCUT2D eigenvalue weighted by Crippen LogP contribution is -2.16. The first-order chi connectivity index (χ1) is 8.06. The number of rotatable bonds is 5.